The standard InChI is InChI=1S/C19H28BrN3O/c1-14(15-5-7-17(20)8-6-15)22-9-11-23(12-10-22)19(24)16-3-2-4-18(21)13-16/h5-8,14,16,18H,2-4,9-13,21H2,1H3. The van der Waals surface area contributed by atoms with E-state index in [2.05, 4.69) is 56.9 Å². The van der Waals surface area contributed by atoms with Gasteiger partial charge in [-0.05, 0) is 43.9 Å². The van der Waals surface area contributed by atoms with Crippen LogP contribution in [0.5, 0.6) is 0 Å². The van der Waals surface area contributed by atoms with Crippen LogP contribution in [0.3, 0.4) is 0 Å². The Morgan fingerprint density at radius 2 is 1.83 bits per heavy atom. The van der Waals surface area contributed by atoms with E-state index in [0.717, 1.165) is 56.3 Å². The molecule has 1 saturated heterocycles. The molecule has 1 saturated carbocycles. The Kier molecular flexibility index (Phi) is 5.95. The van der Waals surface area contributed by atoms with Crippen molar-refractivity contribution in [3.8, 4) is 0 Å². The lowest BCUT2D eigenvalue weighted by Gasteiger charge is -2.40. The quantitative estimate of drug-likeness (QED) is 0.857. The van der Waals surface area contributed by atoms with Gasteiger partial charge in [0.15, 0.2) is 0 Å². The average Bonchev–Trinajstić information content (AvgIpc) is 2.61. The van der Waals surface area contributed by atoms with Gasteiger partial charge in [0.05, 0.1) is 0 Å². The predicted octanol–water partition coefficient (Wildman–Crippen LogP) is 3.17. The van der Waals surface area contributed by atoms with E-state index in [0.29, 0.717) is 11.9 Å². The number of piperazine rings is 1. The fourth-order valence-corrected chi connectivity index (χ4v) is 4.26. The van der Waals surface area contributed by atoms with Crippen LogP contribution in [-0.2, 0) is 4.79 Å². The molecule has 1 aromatic rings. The van der Waals surface area contributed by atoms with Gasteiger partial charge in [-0.2, -0.15) is 0 Å². The van der Waals surface area contributed by atoms with Gasteiger partial charge in [0, 0.05) is 48.7 Å². The van der Waals surface area contributed by atoms with Gasteiger partial charge in [-0.1, -0.05) is 34.5 Å². The van der Waals surface area contributed by atoms with Crippen LogP contribution in [0.25, 0.3) is 0 Å². The Labute approximate surface area is 153 Å². The van der Waals surface area contributed by atoms with Crippen LogP contribution < -0.4 is 5.73 Å². The van der Waals surface area contributed by atoms with E-state index >= 15 is 0 Å². The summed E-state index contributed by atoms with van der Waals surface area (Å²) in [7, 11) is 0. The summed E-state index contributed by atoms with van der Waals surface area (Å²) in [5.74, 6) is 0.491. The third kappa shape index (κ3) is 4.19. The highest BCUT2D eigenvalue weighted by molar-refractivity contribution is 9.10. The SMILES string of the molecule is CC(c1ccc(Br)cc1)N1CCN(C(=O)C2CCCC(N)C2)CC1. The Hall–Kier alpha value is -0.910. The molecule has 132 valence electrons. The zero-order valence-electron chi connectivity index (χ0n) is 14.5. The lowest BCUT2D eigenvalue weighted by atomic mass is 9.85. The molecular formula is C19H28BrN3O. The largest absolute Gasteiger partial charge is 0.340 e. The van der Waals surface area contributed by atoms with Crippen LogP contribution >= 0.6 is 15.9 Å². The summed E-state index contributed by atoms with van der Waals surface area (Å²) in [6.07, 6.45) is 4.05. The molecule has 3 unspecified atom stereocenters. The van der Waals surface area contributed by atoms with E-state index in [4.69, 9.17) is 5.73 Å². The summed E-state index contributed by atoms with van der Waals surface area (Å²) in [4.78, 5) is 17.3. The summed E-state index contributed by atoms with van der Waals surface area (Å²) < 4.78 is 1.11. The summed E-state index contributed by atoms with van der Waals surface area (Å²) in [5, 5.41) is 0. The zero-order valence-corrected chi connectivity index (χ0v) is 16.0. The van der Waals surface area contributed by atoms with Crippen molar-refractivity contribution in [2.45, 2.75) is 44.7 Å². The predicted molar refractivity (Wildman–Crippen MR) is 101 cm³/mol. The summed E-state index contributed by atoms with van der Waals surface area (Å²) >= 11 is 3.49. The lowest BCUT2D eigenvalue weighted by molar-refractivity contribution is -0.138. The minimum absolute atomic E-state index is 0.157. The number of hydrogen-bond donors (Lipinski definition) is 1. The van der Waals surface area contributed by atoms with E-state index in [1.807, 2.05) is 0 Å². The molecule has 0 aromatic heterocycles. The zero-order chi connectivity index (χ0) is 17.1. The highest BCUT2D eigenvalue weighted by Gasteiger charge is 2.31. The number of rotatable bonds is 3. The highest BCUT2D eigenvalue weighted by Crippen LogP contribution is 2.27. The van der Waals surface area contributed by atoms with Crippen LogP contribution in [0, 0.1) is 5.92 Å². The van der Waals surface area contributed by atoms with Crippen molar-refractivity contribution < 1.29 is 4.79 Å². The number of carbonyl (C=O) groups is 1. The maximum Gasteiger partial charge on any atom is 0.225 e. The van der Waals surface area contributed by atoms with Crippen molar-refractivity contribution in [2.24, 2.45) is 11.7 Å². The van der Waals surface area contributed by atoms with E-state index in [-0.39, 0.29) is 12.0 Å². The first-order valence-corrected chi connectivity index (χ1v) is 9.88. The second kappa shape index (κ2) is 7.98. The van der Waals surface area contributed by atoms with Gasteiger partial charge in [0.2, 0.25) is 5.91 Å². The van der Waals surface area contributed by atoms with Crippen molar-refractivity contribution >= 4 is 21.8 Å². The monoisotopic (exact) mass is 393 g/mol. The molecule has 2 aliphatic rings. The van der Waals surface area contributed by atoms with Crippen molar-refractivity contribution in [1.29, 1.82) is 0 Å². The molecule has 4 nitrogen and oxygen atoms in total. The smallest absolute Gasteiger partial charge is 0.225 e. The fraction of sp³-hybridized carbons (Fsp3) is 0.632. The maximum atomic E-state index is 12.7. The molecule has 3 rings (SSSR count). The van der Waals surface area contributed by atoms with Gasteiger partial charge in [0.1, 0.15) is 0 Å². The minimum atomic E-state index is 0.157. The number of amides is 1. The second-order valence-corrected chi connectivity index (χ2v) is 8.13. The van der Waals surface area contributed by atoms with E-state index in [1.165, 1.54) is 5.56 Å². The molecule has 24 heavy (non-hydrogen) atoms. The molecule has 1 heterocycles. The fourth-order valence-electron chi connectivity index (χ4n) is 3.99. The highest BCUT2D eigenvalue weighted by atomic mass is 79.9. The number of halogens is 1. The molecule has 2 fully saturated rings. The van der Waals surface area contributed by atoms with Crippen LogP contribution in [0.4, 0.5) is 0 Å². The maximum absolute atomic E-state index is 12.7. The minimum Gasteiger partial charge on any atom is -0.340 e. The van der Waals surface area contributed by atoms with Crippen molar-refractivity contribution in [1.82, 2.24) is 9.80 Å². The molecule has 1 aromatic carbocycles. The molecule has 1 aliphatic heterocycles. The van der Waals surface area contributed by atoms with Crippen LogP contribution in [0.1, 0.15) is 44.2 Å². The third-order valence-electron chi connectivity index (χ3n) is 5.59. The van der Waals surface area contributed by atoms with Gasteiger partial charge in [-0.3, -0.25) is 9.69 Å². The summed E-state index contributed by atoms with van der Waals surface area (Å²) in [5.41, 5.74) is 7.38. The number of carbonyl (C=O) groups excluding carboxylic acids is 1. The Morgan fingerprint density at radius 1 is 1.17 bits per heavy atom. The Morgan fingerprint density at radius 3 is 2.46 bits per heavy atom. The molecule has 0 radical (unpaired) electrons. The normalized spacial score (nSPS) is 27.0. The van der Waals surface area contributed by atoms with Crippen LogP contribution in [0.15, 0.2) is 28.7 Å². The van der Waals surface area contributed by atoms with Crippen molar-refractivity contribution in [2.75, 3.05) is 26.2 Å². The number of hydrogen-bond acceptors (Lipinski definition) is 3. The third-order valence-corrected chi connectivity index (χ3v) is 6.12. The van der Waals surface area contributed by atoms with Gasteiger partial charge < -0.3 is 10.6 Å². The first kappa shape index (κ1) is 17.9. The molecule has 5 heteroatoms. The van der Waals surface area contributed by atoms with Crippen LogP contribution in [0.2, 0.25) is 0 Å². The van der Waals surface area contributed by atoms with Gasteiger partial charge in [0.25, 0.3) is 0 Å². The first-order valence-electron chi connectivity index (χ1n) is 9.08. The van der Waals surface area contributed by atoms with E-state index in [1.54, 1.807) is 0 Å². The van der Waals surface area contributed by atoms with E-state index < -0.39 is 0 Å². The lowest BCUT2D eigenvalue weighted by Crippen LogP contribution is -2.51. The topological polar surface area (TPSA) is 49.6 Å². The molecular weight excluding hydrogens is 366 g/mol. The molecule has 2 N–H and O–H groups in total. The summed E-state index contributed by atoms with van der Waals surface area (Å²) in [6, 6.07) is 9.14. The van der Waals surface area contributed by atoms with Gasteiger partial charge in [-0.15, -0.1) is 0 Å². The first-order chi connectivity index (χ1) is 11.5. The van der Waals surface area contributed by atoms with Crippen molar-refractivity contribution in [3.63, 3.8) is 0 Å². The van der Waals surface area contributed by atoms with Crippen LogP contribution in [-0.4, -0.2) is 47.9 Å². The number of benzene rings is 1. The average molecular weight is 394 g/mol. The summed E-state index contributed by atoms with van der Waals surface area (Å²) in [6.45, 7) is 5.82. The molecule has 0 bridgehead atoms. The molecule has 3 atom stereocenters. The molecule has 1 amide bonds. The Balaban J connectivity index is 1.53. The number of nitrogens with zero attached hydrogens (tertiary/aromatic N) is 2. The van der Waals surface area contributed by atoms with Gasteiger partial charge in [-0.25, -0.2) is 0 Å². The van der Waals surface area contributed by atoms with Crippen molar-refractivity contribution in [3.05, 3.63) is 34.3 Å². The number of nitrogens with two attached hydrogens (primary N) is 1. The second-order valence-electron chi connectivity index (χ2n) is 7.21. The molecule has 1 aliphatic carbocycles. The molecule has 0 spiro atoms. The van der Waals surface area contributed by atoms with Gasteiger partial charge >= 0.3 is 0 Å². The Bertz CT molecular complexity index is 554. The van der Waals surface area contributed by atoms with E-state index in [9.17, 15) is 4.79 Å².